The lowest BCUT2D eigenvalue weighted by molar-refractivity contribution is -0.116. The predicted molar refractivity (Wildman–Crippen MR) is 83.6 cm³/mol. The number of anilines is 2. The summed E-state index contributed by atoms with van der Waals surface area (Å²) in [6, 6.07) is 7.30. The summed E-state index contributed by atoms with van der Waals surface area (Å²) < 4.78 is 0. The highest BCUT2D eigenvalue weighted by Crippen LogP contribution is 2.29. The number of rotatable bonds is 8. The van der Waals surface area contributed by atoms with E-state index in [0.29, 0.717) is 12.1 Å². The van der Waals surface area contributed by atoms with Gasteiger partial charge in [0.05, 0.1) is 0 Å². The molecule has 0 spiro atoms. The summed E-state index contributed by atoms with van der Waals surface area (Å²) in [7, 11) is 0. The van der Waals surface area contributed by atoms with Crippen LogP contribution in [0.1, 0.15) is 32.6 Å². The van der Waals surface area contributed by atoms with Gasteiger partial charge in [-0.15, -0.1) is 0 Å². The first kappa shape index (κ1) is 14.9. The topological polar surface area (TPSA) is 58.4 Å². The monoisotopic (exact) mass is 275 g/mol. The van der Waals surface area contributed by atoms with Crippen LogP contribution in [0.15, 0.2) is 24.3 Å². The number of carbonyl (C=O) groups is 1. The van der Waals surface area contributed by atoms with Crippen molar-refractivity contribution >= 4 is 17.3 Å². The number of nitrogens with one attached hydrogen (secondary N) is 1. The van der Waals surface area contributed by atoms with Gasteiger partial charge >= 0.3 is 0 Å². The molecule has 4 heteroatoms. The van der Waals surface area contributed by atoms with Gasteiger partial charge in [0.2, 0.25) is 5.91 Å². The molecule has 0 heterocycles. The van der Waals surface area contributed by atoms with Gasteiger partial charge < -0.3 is 16.0 Å². The zero-order valence-corrected chi connectivity index (χ0v) is 12.3. The Morgan fingerprint density at radius 2 is 2.25 bits per heavy atom. The number of hydrogen-bond acceptors (Lipinski definition) is 3. The van der Waals surface area contributed by atoms with Gasteiger partial charge in [-0.2, -0.15) is 0 Å². The van der Waals surface area contributed by atoms with E-state index in [4.69, 9.17) is 5.73 Å². The van der Waals surface area contributed by atoms with Gasteiger partial charge in [0.1, 0.15) is 0 Å². The molecule has 0 aliphatic heterocycles. The molecule has 0 saturated heterocycles. The van der Waals surface area contributed by atoms with E-state index in [9.17, 15) is 4.79 Å². The summed E-state index contributed by atoms with van der Waals surface area (Å²) in [4.78, 5) is 14.3. The van der Waals surface area contributed by atoms with E-state index in [-0.39, 0.29) is 5.91 Å². The molecule has 1 saturated carbocycles. The van der Waals surface area contributed by atoms with Crippen LogP contribution in [-0.4, -0.2) is 30.4 Å². The van der Waals surface area contributed by atoms with Gasteiger partial charge in [0.25, 0.3) is 0 Å². The van der Waals surface area contributed by atoms with Crippen molar-refractivity contribution in [1.82, 2.24) is 4.90 Å². The minimum atomic E-state index is 0.0677. The molecule has 1 aliphatic rings. The smallest absolute Gasteiger partial charge is 0.224 e. The van der Waals surface area contributed by atoms with Gasteiger partial charge in [0.15, 0.2) is 0 Å². The van der Waals surface area contributed by atoms with Crippen LogP contribution < -0.4 is 11.1 Å². The normalized spacial score (nSPS) is 14.5. The largest absolute Gasteiger partial charge is 0.399 e. The summed E-state index contributed by atoms with van der Waals surface area (Å²) in [5.41, 5.74) is 7.14. The number of hydrogen-bond donors (Lipinski definition) is 2. The average Bonchev–Trinajstić information content (AvgIpc) is 3.21. The van der Waals surface area contributed by atoms with Crippen molar-refractivity contribution in [2.75, 3.05) is 30.7 Å². The lowest BCUT2D eigenvalue weighted by Crippen LogP contribution is -2.27. The van der Waals surface area contributed by atoms with Crippen molar-refractivity contribution < 1.29 is 4.79 Å². The third-order valence-electron chi connectivity index (χ3n) is 3.71. The Kier molecular flexibility index (Phi) is 5.41. The van der Waals surface area contributed by atoms with E-state index < -0.39 is 0 Å². The molecule has 1 amide bonds. The Hall–Kier alpha value is -1.55. The van der Waals surface area contributed by atoms with Gasteiger partial charge in [-0.3, -0.25) is 4.79 Å². The maximum absolute atomic E-state index is 11.9. The minimum Gasteiger partial charge on any atom is -0.399 e. The number of carbonyl (C=O) groups excluding carboxylic acids is 1. The Bertz CT molecular complexity index is 443. The van der Waals surface area contributed by atoms with Crippen molar-refractivity contribution in [3.63, 3.8) is 0 Å². The number of amides is 1. The fraction of sp³-hybridized carbons (Fsp3) is 0.562. The minimum absolute atomic E-state index is 0.0677. The van der Waals surface area contributed by atoms with Crippen molar-refractivity contribution in [1.29, 1.82) is 0 Å². The van der Waals surface area contributed by atoms with Crippen molar-refractivity contribution in [3.8, 4) is 0 Å². The molecule has 1 aliphatic carbocycles. The van der Waals surface area contributed by atoms with E-state index in [2.05, 4.69) is 17.1 Å². The zero-order chi connectivity index (χ0) is 14.4. The molecule has 1 fully saturated rings. The van der Waals surface area contributed by atoms with Gasteiger partial charge in [-0.05, 0) is 56.5 Å². The summed E-state index contributed by atoms with van der Waals surface area (Å²) in [6.07, 6.45) is 4.24. The number of nitrogen functional groups attached to an aromatic ring is 1. The summed E-state index contributed by atoms with van der Waals surface area (Å²) in [5, 5.41) is 2.89. The lowest BCUT2D eigenvalue weighted by Gasteiger charge is -2.19. The molecule has 1 aromatic rings. The van der Waals surface area contributed by atoms with Gasteiger partial charge in [-0.1, -0.05) is 13.0 Å². The number of nitrogens with zero attached hydrogens (tertiary/aromatic N) is 1. The summed E-state index contributed by atoms with van der Waals surface area (Å²) in [5.74, 6) is 0.981. The molecular formula is C16H25N3O. The van der Waals surface area contributed by atoms with Gasteiger partial charge in [0, 0.05) is 24.3 Å². The second kappa shape index (κ2) is 7.29. The first-order valence-electron chi connectivity index (χ1n) is 7.55. The van der Waals surface area contributed by atoms with Crippen LogP contribution in [0.25, 0.3) is 0 Å². The molecule has 20 heavy (non-hydrogen) atoms. The Morgan fingerprint density at radius 1 is 1.45 bits per heavy atom. The maximum Gasteiger partial charge on any atom is 0.224 e. The molecule has 2 rings (SSSR count). The number of nitrogens with two attached hydrogens (primary N) is 1. The second-order valence-corrected chi connectivity index (χ2v) is 5.61. The van der Waals surface area contributed by atoms with Crippen LogP contribution in [0.5, 0.6) is 0 Å². The van der Waals surface area contributed by atoms with E-state index in [0.717, 1.165) is 31.1 Å². The first-order chi connectivity index (χ1) is 9.67. The molecule has 0 bridgehead atoms. The molecule has 1 aromatic carbocycles. The van der Waals surface area contributed by atoms with Crippen molar-refractivity contribution in [2.24, 2.45) is 5.92 Å². The van der Waals surface area contributed by atoms with Crippen LogP contribution in [0.3, 0.4) is 0 Å². The van der Waals surface area contributed by atoms with Crippen LogP contribution in [0.2, 0.25) is 0 Å². The van der Waals surface area contributed by atoms with Crippen LogP contribution in [0.4, 0.5) is 11.4 Å². The average molecular weight is 275 g/mol. The molecule has 110 valence electrons. The fourth-order valence-corrected chi connectivity index (χ4v) is 2.35. The third-order valence-corrected chi connectivity index (χ3v) is 3.71. The Labute approximate surface area is 121 Å². The summed E-state index contributed by atoms with van der Waals surface area (Å²) in [6.45, 7) is 5.48. The highest BCUT2D eigenvalue weighted by molar-refractivity contribution is 5.91. The highest BCUT2D eigenvalue weighted by atomic mass is 16.1. The molecule has 0 aromatic heterocycles. The molecule has 0 radical (unpaired) electrons. The van der Waals surface area contributed by atoms with E-state index in [1.54, 1.807) is 6.07 Å². The van der Waals surface area contributed by atoms with Crippen LogP contribution in [-0.2, 0) is 4.79 Å². The van der Waals surface area contributed by atoms with E-state index >= 15 is 0 Å². The van der Waals surface area contributed by atoms with Crippen molar-refractivity contribution in [2.45, 2.75) is 32.6 Å². The van der Waals surface area contributed by atoms with E-state index in [1.807, 2.05) is 18.2 Å². The number of benzene rings is 1. The standard InChI is InChI=1S/C16H25N3O/c1-2-19(12-13-8-9-13)10-4-7-16(20)18-15-6-3-5-14(17)11-15/h3,5-6,11,13H,2,4,7-10,12,17H2,1H3,(H,18,20). The predicted octanol–water partition coefficient (Wildman–Crippen LogP) is 2.72. The highest BCUT2D eigenvalue weighted by Gasteiger charge is 2.23. The lowest BCUT2D eigenvalue weighted by atomic mass is 10.2. The zero-order valence-electron chi connectivity index (χ0n) is 12.3. The van der Waals surface area contributed by atoms with Crippen LogP contribution in [0, 0.1) is 5.92 Å². The first-order valence-corrected chi connectivity index (χ1v) is 7.55. The molecular weight excluding hydrogens is 250 g/mol. The van der Waals surface area contributed by atoms with Gasteiger partial charge in [-0.25, -0.2) is 0 Å². The molecule has 0 atom stereocenters. The Morgan fingerprint density at radius 3 is 2.90 bits per heavy atom. The fourth-order valence-electron chi connectivity index (χ4n) is 2.35. The Balaban J connectivity index is 1.66. The SMILES string of the molecule is CCN(CCCC(=O)Nc1cccc(N)c1)CC1CC1. The van der Waals surface area contributed by atoms with Crippen molar-refractivity contribution in [3.05, 3.63) is 24.3 Å². The van der Waals surface area contributed by atoms with Crippen LogP contribution >= 0.6 is 0 Å². The molecule has 0 unspecified atom stereocenters. The molecule has 4 nitrogen and oxygen atoms in total. The summed E-state index contributed by atoms with van der Waals surface area (Å²) >= 11 is 0. The quantitative estimate of drug-likeness (QED) is 0.717. The maximum atomic E-state index is 11.9. The molecule has 3 N–H and O–H groups in total. The third kappa shape index (κ3) is 5.21. The van der Waals surface area contributed by atoms with E-state index in [1.165, 1.54) is 19.4 Å². The second-order valence-electron chi connectivity index (χ2n) is 5.61.